The number of carbonyl (C=O) groups excluding carboxylic acids is 2. The van der Waals surface area contributed by atoms with Crippen LogP contribution in [0.1, 0.15) is 41.7 Å². The van der Waals surface area contributed by atoms with Gasteiger partial charge in [-0.2, -0.15) is 5.26 Å². The van der Waals surface area contributed by atoms with E-state index in [9.17, 15) is 20.0 Å². The Bertz CT molecular complexity index is 1200. The molecule has 2 aromatic carbocycles. The average molecular weight is 445 g/mol. The second-order valence-electron chi connectivity index (χ2n) is 8.68. The van der Waals surface area contributed by atoms with Gasteiger partial charge in [-0.3, -0.25) is 9.59 Å². The molecule has 3 N–H and O–H groups in total. The third-order valence-corrected chi connectivity index (χ3v) is 6.44. The number of benzene rings is 2. The molecule has 1 unspecified atom stereocenters. The summed E-state index contributed by atoms with van der Waals surface area (Å²) >= 11 is 0. The number of nitrogens with zero attached hydrogens (tertiary/aromatic N) is 2. The molecule has 3 atom stereocenters. The van der Waals surface area contributed by atoms with Gasteiger partial charge in [0.25, 0.3) is 5.91 Å². The highest BCUT2D eigenvalue weighted by atomic mass is 16.3. The summed E-state index contributed by atoms with van der Waals surface area (Å²) in [6.07, 6.45) is 3.67. The predicted molar refractivity (Wildman–Crippen MR) is 125 cm³/mol. The summed E-state index contributed by atoms with van der Waals surface area (Å²) in [7, 11) is 1.78. The number of aryl methyl sites for hydroxylation is 1. The van der Waals surface area contributed by atoms with E-state index in [0.29, 0.717) is 25.0 Å². The molecule has 0 saturated heterocycles. The van der Waals surface area contributed by atoms with Crippen molar-refractivity contribution < 1.29 is 14.7 Å². The monoisotopic (exact) mass is 444 g/mol. The first-order valence-corrected chi connectivity index (χ1v) is 11.3. The molecule has 1 aromatic heterocycles. The number of rotatable bonds is 6. The number of amides is 2. The van der Waals surface area contributed by atoms with Crippen molar-refractivity contribution in [2.45, 2.75) is 44.2 Å². The molecule has 1 heterocycles. The van der Waals surface area contributed by atoms with Crippen molar-refractivity contribution in [1.29, 1.82) is 5.26 Å². The Morgan fingerprint density at radius 3 is 2.67 bits per heavy atom. The molecule has 7 nitrogen and oxygen atoms in total. The lowest BCUT2D eigenvalue weighted by atomic mass is 9.83. The van der Waals surface area contributed by atoms with Gasteiger partial charge in [0.1, 0.15) is 17.5 Å². The van der Waals surface area contributed by atoms with E-state index in [2.05, 4.69) is 16.7 Å². The fraction of sp³-hybridized carbons (Fsp3) is 0.346. The molecule has 33 heavy (non-hydrogen) atoms. The van der Waals surface area contributed by atoms with Crippen molar-refractivity contribution in [3.05, 3.63) is 65.9 Å². The summed E-state index contributed by atoms with van der Waals surface area (Å²) in [4.78, 5) is 26.2. The van der Waals surface area contributed by atoms with Crippen LogP contribution in [0.4, 0.5) is 0 Å². The van der Waals surface area contributed by atoms with E-state index in [1.807, 2.05) is 30.3 Å². The van der Waals surface area contributed by atoms with Crippen LogP contribution in [0.5, 0.6) is 5.75 Å². The Kier molecular flexibility index (Phi) is 6.64. The minimum Gasteiger partial charge on any atom is -0.508 e. The number of hydrogen-bond donors (Lipinski definition) is 3. The maximum Gasteiger partial charge on any atom is 0.268 e. The maximum absolute atomic E-state index is 13.1. The maximum atomic E-state index is 13.1. The third-order valence-electron chi connectivity index (χ3n) is 6.44. The molecule has 0 aliphatic heterocycles. The van der Waals surface area contributed by atoms with Gasteiger partial charge in [0.05, 0.1) is 17.5 Å². The summed E-state index contributed by atoms with van der Waals surface area (Å²) in [6, 6.07) is 17.6. The molecular weight excluding hydrogens is 416 g/mol. The van der Waals surface area contributed by atoms with Gasteiger partial charge in [0, 0.05) is 31.0 Å². The van der Waals surface area contributed by atoms with E-state index in [4.69, 9.17) is 0 Å². The zero-order valence-corrected chi connectivity index (χ0v) is 18.6. The van der Waals surface area contributed by atoms with E-state index in [-0.39, 0.29) is 29.5 Å². The second kappa shape index (κ2) is 9.78. The highest BCUT2D eigenvalue weighted by Gasteiger charge is 2.33. The topological polar surface area (TPSA) is 107 Å². The standard InChI is InChI=1S/C26H28N4O3/c1-30-23-15-20(31)12-11-18(23)14-24(30)26(33)29-22-10-6-5-9-21(22)25(32)28-19(16-27)13-17-7-3-2-4-8-17/h2-4,7-8,11-12,14-15,19,21-22,31H,5-6,9-10,13H2,1H3,(H,28,32)(H,29,33)/t19-,21+,22?/m0/s1. The molecule has 0 bridgehead atoms. The average Bonchev–Trinajstić information content (AvgIpc) is 3.15. The Labute approximate surface area is 193 Å². The van der Waals surface area contributed by atoms with Crippen molar-refractivity contribution >= 4 is 22.7 Å². The highest BCUT2D eigenvalue weighted by molar-refractivity contribution is 5.99. The number of fused-ring (bicyclic) bond motifs is 1. The van der Waals surface area contributed by atoms with E-state index in [1.165, 1.54) is 0 Å². The number of nitrogens with one attached hydrogen (secondary N) is 2. The predicted octanol–water partition coefficient (Wildman–Crippen LogP) is 3.42. The summed E-state index contributed by atoms with van der Waals surface area (Å²) in [5.41, 5.74) is 2.22. The van der Waals surface area contributed by atoms with Crippen LogP contribution in [0.2, 0.25) is 0 Å². The van der Waals surface area contributed by atoms with Gasteiger partial charge in [0.2, 0.25) is 5.91 Å². The fourth-order valence-electron chi connectivity index (χ4n) is 4.65. The molecule has 7 heteroatoms. The van der Waals surface area contributed by atoms with Crippen molar-refractivity contribution in [2.75, 3.05) is 0 Å². The van der Waals surface area contributed by atoms with Gasteiger partial charge in [0.15, 0.2) is 0 Å². The number of phenols is 1. The molecular formula is C26H28N4O3. The van der Waals surface area contributed by atoms with Crippen LogP contribution in [-0.4, -0.2) is 33.6 Å². The molecule has 170 valence electrons. The summed E-state index contributed by atoms with van der Waals surface area (Å²) in [5.74, 6) is -0.682. The van der Waals surface area contributed by atoms with Crippen LogP contribution in [0, 0.1) is 17.2 Å². The van der Waals surface area contributed by atoms with Gasteiger partial charge in [-0.05, 0) is 36.6 Å². The van der Waals surface area contributed by atoms with Crippen molar-refractivity contribution in [2.24, 2.45) is 13.0 Å². The number of aromatic hydroxyl groups is 1. The first-order valence-electron chi connectivity index (χ1n) is 11.3. The van der Waals surface area contributed by atoms with Gasteiger partial charge in [-0.1, -0.05) is 43.2 Å². The lowest BCUT2D eigenvalue weighted by Gasteiger charge is -2.31. The molecule has 0 radical (unpaired) electrons. The molecule has 1 fully saturated rings. The molecule has 1 aliphatic carbocycles. The number of aromatic nitrogens is 1. The SMILES string of the molecule is Cn1c(C(=O)NC2CCCC[C@H]2C(=O)N[C@H](C#N)Cc2ccccc2)cc2ccc(O)cc21. The molecule has 4 rings (SSSR count). The Morgan fingerprint density at radius 2 is 1.91 bits per heavy atom. The second-order valence-corrected chi connectivity index (χ2v) is 8.68. The number of hydrogen-bond acceptors (Lipinski definition) is 4. The minimum absolute atomic E-state index is 0.141. The van der Waals surface area contributed by atoms with Crippen molar-refractivity contribution in [3.8, 4) is 11.8 Å². The van der Waals surface area contributed by atoms with Crippen LogP contribution in [0.15, 0.2) is 54.6 Å². The molecule has 1 aliphatic rings. The van der Waals surface area contributed by atoms with Gasteiger partial charge < -0.3 is 20.3 Å². The van der Waals surface area contributed by atoms with Gasteiger partial charge in [-0.25, -0.2) is 0 Å². The van der Waals surface area contributed by atoms with Crippen molar-refractivity contribution in [3.63, 3.8) is 0 Å². The van der Waals surface area contributed by atoms with E-state index < -0.39 is 6.04 Å². The van der Waals surface area contributed by atoms with E-state index in [1.54, 1.807) is 35.9 Å². The number of phenolic OH excluding ortho intramolecular Hbond substituents is 1. The van der Waals surface area contributed by atoms with Crippen molar-refractivity contribution in [1.82, 2.24) is 15.2 Å². The number of carbonyl (C=O) groups is 2. The Morgan fingerprint density at radius 1 is 1.15 bits per heavy atom. The molecule has 0 spiro atoms. The van der Waals surface area contributed by atoms with Gasteiger partial charge >= 0.3 is 0 Å². The minimum atomic E-state index is -0.621. The van der Waals surface area contributed by atoms with Crippen LogP contribution < -0.4 is 10.6 Å². The van der Waals surface area contributed by atoms with E-state index >= 15 is 0 Å². The smallest absolute Gasteiger partial charge is 0.268 e. The third kappa shape index (κ3) is 5.01. The normalized spacial score (nSPS) is 18.9. The Balaban J connectivity index is 1.46. The Hall–Kier alpha value is -3.79. The zero-order valence-electron chi connectivity index (χ0n) is 18.6. The van der Waals surface area contributed by atoms with Crippen LogP contribution in [0.3, 0.4) is 0 Å². The summed E-state index contributed by atoms with van der Waals surface area (Å²) < 4.78 is 1.74. The fourth-order valence-corrected chi connectivity index (χ4v) is 4.65. The first kappa shape index (κ1) is 22.4. The lowest BCUT2D eigenvalue weighted by Crippen LogP contribution is -2.50. The van der Waals surface area contributed by atoms with Gasteiger partial charge in [-0.15, -0.1) is 0 Å². The highest BCUT2D eigenvalue weighted by Crippen LogP contribution is 2.27. The van der Waals surface area contributed by atoms with E-state index in [0.717, 1.165) is 29.3 Å². The molecule has 3 aromatic rings. The van der Waals surface area contributed by atoms with Crippen LogP contribution in [0.25, 0.3) is 10.9 Å². The quantitative estimate of drug-likeness (QED) is 0.541. The van der Waals surface area contributed by atoms with Crippen LogP contribution >= 0.6 is 0 Å². The summed E-state index contributed by atoms with van der Waals surface area (Å²) in [5, 5.41) is 26.1. The molecule has 1 saturated carbocycles. The largest absolute Gasteiger partial charge is 0.508 e. The summed E-state index contributed by atoms with van der Waals surface area (Å²) in [6.45, 7) is 0. The molecule has 2 amide bonds. The lowest BCUT2D eigenvalue weighted by molar-refractivity contribution is -0.127. The van der Waals surface area contributed by atoms with Crippen LogP contribution in [-0.2, 0) is 18.3 Å². The first-order chi connectivity index (χ1) is 16.0. The number of nitriles is 1. The zero-order chi connectivity index (χ0) is 23.4.